The zero-order valence-corrected chi connectivity index (χ0v) is 17.2. The Labute approximate surface area is 163 Å². The minimum atomic E-state index is 0.604. The molecule has 0 aliphatic rings. The molecule has 148 valence electrons. The normalized spacial score (nSPS) is 11.1. The van der Waals surface area contributed by atoms with E-state index in [1.54, 1.807) is 0 Å². The van der Waals surface area contributed by atoms with Crippen molar-refractivity contribution in [3.8, 4) is 0 Å². The Kier molecular flexibility index (Phi) is 9.39. The molecule has 0 radical (unpaired) electrons. The number of aryl methyl sites for hydroxylation is 4. The van der Waals surface area contributed by atoms with Gasteiger partial charge in [0, 0.05) is 38.1 Å². The molecule has 2 aromatic heterocycles. The fourth-order valence-electron chi connectivity index (χ4n) is 2.94. The number of ether oxygens (including phenoxy) is 3. The maximum atomic E-state index is 5.64. The summed E-state index contributed by atoms with van der Waals surface area (Å²) in [4.78, 5) is 0. The lowest BCUT2D eigenvalue weighted by atomic mass is 10.2. The lowest BCUT2D eigenvalue weighted by molar-refractivity contribution is -0.704. The van der Waals surface area contributed by atoms with Crippen molar-refractivity contribution in [2.45, 2.75) is 40.8 Å². The SMILES string of the molecule is Cc1cc[n+](CCOCCOCCOCC[n+]2ccc(C)cc2C)c(C)c1. The summed E-state index contributed by atoms with van der Waals surface area (Å²) in [6.07, 6.45) is 4.22. The van der Waals surface area contributed by atoms with Crippen molar-refractivity contribution in [2.75, 3.05) is 39.6 Å². The Hall–Kier alpha value is -1.82. The smallest absolute Gasteiger partial charge is 0.178 e. The second-order valence-corrected chi connectivity index (χ2v) is 6.91. The summed E-state index contributed by atoms with van der Waals surface area (Å²) in [6.45, 7) is 14.0. The summed E-state index contributed by atoms with van der Waals surface area (Å²) < 4.78 is 21.2. The van der Waals surface area contributed by atoms with Gasteiger partial charge in [0.05, 0.1) is 26.4 Å². The largest absolute Gasteiger partial charge is 0.377 e. The van der Waals surface area contributed by atoms with E-state index in [4.69, 9.17) is 14.2 Å². The molecule has 2 heterocycles. The number of hydrogen-bond donors (Lipinski definition) is 0. The Morgan fingerprint density at radius 2 is 0.963 bits per heavy atom. The van der Waals surface area contributed by atoms with Gasteiger partial charge in [0.2, 0.25) is 0 Å². The first-order valence-corrected chi connectivity index (χ1v) is 9.73. The van der Waals surface area contributed by atoms with E-state index in [1.165, 1.54) is 22.5 Å². The zero-order valence-electron chi connectivity index (χ0n) is 17.2. The number of rotatable bonds is 12. The number of pyridine rings is 2. The highest BCUT2D eigenvalue weighted by Gasteiger charge is 2.06. The van der Waals surface area contributed by atoms with E-state index >= 15 is 0 Å². The number of nitrogens with zero attached hydrogens (tertiary/aromatic N) is 2. The van der Waals surface area contributed by atoms with E-state index in [1.807, 2.05) is 0 Å². The zero-order chi connectivity index (χ0) is 19.5. The van der Waals surface area contributed by atoms with Crippen molar-refractivity contribution in [3.63, 3.8) is 0 Å². The first-order valence-electron chi connectivity index (χ1n) is 9.73. The molecule has 0 unspecified atom stereocenters. The molecule has 0 saturated carbocycles. The standard InChI is InChI=1S/C22H34N2O3/c1-19-5-7-23(21(3)17-19)9-11-25-13-15-27-16-14-26-12-10-24-8-6-20(2)18-22(24)4/h5-8,17-18H,9-16H2,1-4H3/q+2. The molecule has 0 bridgehead atoms. The van der Waals surface area contributed by atoms with Gasteiger partial charge >= 0.3 is 0 Å². The minimum Gasteiger partial charge on any atom is -0.377 e. The van der Waals surface area contributed by atoms with Crippen LogP contribution in [0, 0.1) is 27.7 Å². The molecule has 0 saturated heterocycles. The van der Waals surface area contributed by atoms with Crippen LogP contribution in [-0.4, -0.2) is 39.6 Å². The third-order valence-electron chi connectivity index (χ3n) is 4.51. The summed E-state index contributed by atoms with van der Waals surface area (Å²) in [6, 6.07) is 8.60. The minimum absolute atomic E-state index is 0.604. The Morgan fingerprint density at radius 1 is 0.593 bits per heavy atom. The Balaban J connectivity index is 1.43. The Morgan fingerprint density at radius 3 is 1.33 bits per heavy atom. The van der Waals surface area contributed by atoms with Gasteiger partial charge in [0.15, 0.2) is 36.9 Å². The van der Waals surface area contributed by atoms with E-state index in [9.17, 15) is 0 Å². The van der Waals surface area contributed by atoms with E-state index < -0.39 is 0 Å². The molecule has 2 rings (SSSR count). The van der Waals surface area contributed by atoms with Gasteiger partial charge in [-0.05, 0) is 25.0 Å². The summed E-state index contributed by atoms with van der Waals surface area (Å²) in [5.41, 5.74) is 5.08. The van der Waals surface area contributed by atoms with E-state index in [0.29, 0.717) is 39.6 Å². The first-order chi connectivity index (χ1) is 13.1. The summed E-state index contributed by atoms with van der Waals surface area (Å²) in [7, 11) is 0. The van der Waals surface area contributed by atoms with Gasteiger partial charge in [-0.3, -0.25) is 0 Å². The van der Waals surface area contributed by atoms with E-state index in [2.05, 4.69) is 73.5 Å². The molecule has 0 fully saturated rings. The fraction of sp³-hybridized carbons (Fsp3) is 0.545. The summed E-state index contributed by atoms with van der Waals surface area (Å²) in [5, 5.41) is 0. The van der Waals surface area contributed by atoms with Crippen LogP contribution in [0.3, 0.4) is 0 Å². The average molecular weight is 375 g/mol. The van der Waals surface area contributed by atoms with Crippen LogP contribution < -0.4 is 9.13 Å². The van der Waals surface area contributed by atoms with Crippen molar-refractivity contribution in [2.24, 2.45) is 0 Å². The van der Waals surface area contributed by atoms with Crippen molar-refractivity contribution in [1.82, 2.24) is 0 Å². The van der Waals surface area contributed by atoms with Gasteiger partial charge in [-0.2, -0.15) is 0 Å². The Bertz CT molecular complexity index is 644. The topological polar surface area (TPSA) is 35.5 Å². The third kappa shape index (κ3) is 8.16. The van der Waals surface area contributed by atoms with Crippen LogP contribution in [0.15, 0.2) is 36.7 Å². The molecule has 5 heteroatoms. The van der Waals surface area contributed by atoms with Crippen LogP contribution in [0.25, 0.3) is 0 Å². The van der Waals surface area contributed by atoms with Gasteiger partial charge in [0.25, 0.3) is 0 Å². The van der Waals surface area contributed by atoms with E-state index in [-0.39, 0.29) is 0 Å². The molecule has 0 aliphatic carbocycles. The quantitative estimate of drug-likeness (QED) is 0.422. The molecule has 0 spiro atoms. The van der Waals surface area contributed by atoms with Crippen LogP contribution in [0.2, 0.25) is 0 Å². The van der Waals surface area contributed by atoms with Crippen LogP contribution in [0.1, 0.15) is 22.5 Å². The molecule has 27 heavy (non-hydrogen) atoms. The molecular weight excluding hydrogens is 340 g/mol. The predicted molar refractivity (Wildman–Crippen MR) is 105 cm³/mol. The van der Waals surface area contributed by atoms with Gasteiger partial charge in [-0.1, -0.05) is 0 Å². The van der Waals surface area contributed by atoms with Crippen LogP contribution in [0.5, 0.6) is 0 Å². The molecule has 5 nitrogen and oxygen atoms in total. The first kappa shape index (κ1) is 21.5. The molecule has 0 N–H and O–H groups in total. The summed E-state index contributed by atoms with van der Waals surface area (Å²) in [5.74, 6) is 0. The molecule has 0 aromatic carbocycles. The third-order valence-corrected chi connectivity index (χ3v) is 4.51. The van der Waals surface area contributed by atoms with Crippen molar-refractivity contribution in [3.05, 3.63) is 59.2 Å². The van der Waals surface area contributed by atoms with Crippen LogP contribution in [0.4, 0.5) is 0 Å². The van der Waals surface area contributed by atoms with Crippen molar-refractivity contribution < 1.29 is 23.3 Å². The molecule has 0 atom stereocenters. The molecule has 2 aromatic rings. The number of aromatic nitrogens is 2. The monoisotopic (exact) mass is 374 g/mol. The fourth-order valence-corrected chi connectivity index (χ4v) is 2.94. The second-order valence-electron chi connectivity index (χ2n) is 6.91. The van der Waals surface area contributed by atoms with Crippen LogP contribution >= 0.6 is 0 Å². The summed E-state index contributed by atoms with van der Waals surface area (Å²) >= 11 is 0. The lowest BCUT2D eigenvalue weighted by Gasteiger charge is -2.06. The van der Waals surface area contributed by atoms with Crippen LogP contribution in [-0.2, 0) is 27.3 Å². The highest BCUT2D eigenvalue weighted by Crippen LogP contribution is 1.97. The van der Waals surface area contributed by atoms with Gasteiger partial charge in [-0.25, -0.2) is 9.13 Å². The molecule has 0 aliphatic heterocycles. The molecular formula is C22H34N2O3+2. The van der Waals surface area contributed by atoms with Gasteiger partial charge < -0.3 is 14.2 Å². The van der Waals surface area contributed by atoms with Crippen molar-refractivity contribution in [1.29, 1.82) is 0 Å². The highest BCUT2D eigenvalue weighted by atomic mass is 16.5. The van der Waals surface area contributed by atoms with E-state index in [0.717, 1.165) is 13.1 Å². The van der Waals surface area contributed by atoms with Crippen molar-refractivity contribution >= 4 is 0 Å². The van der Waals surface area contributed by atoms with Gasteiger partial charge in [-0.15, -0.1) is 0 Å². The maximum Gasteiger partial charge on any atom is 0.178 e. The average Bonchev–Trinajstić information content (AvgIpc) is 2.62. The second kappa shape index (κ2) is 11.8. The molecule has 0 amide bonds. The maximum absolute atomic E-state index is 5.64. The predicted octanol–water partition coefficient (Wildman–Crippen LogP) is 2.25. The highest BCUT2D eigenvalue weighted by molar-refractivity contribution is 5.09. The lowest BCUT2D eigenvalue weighted by Crippen LogP contribution is -2.39. The number of hydrogen-bond acceptors (Lipinski definition) is 3. The van der Waals surface area contributed by atoms with Gasteiger partial charge in [0.1, 0.15) is 13.2 Å².